The first-order chi connectivity index (χ1) is 6.36. The maximum atomic E-state index is 2.23. The lowest BCUT2D eigenvalue weighted by molar-refractivity contribution is 1.13. The number of rotatable bonds is 0. The molecule has 3 aromatic rings. The van der Waals surface area contributed by atoms with Gasteiger partial charge in [-0.15, -0.1) is 11.3 Å². The fraction of sp³-hybridized carbons (Fsp3) is 0.0909. The Morgan fingerprint density at radius 1 is 1.31 bits per heavy atom. The summed E-state index contributed by atoms with van der Waals surface area (Å²) in [5, 5.41) is 3.51. The van der Waals surface area contributed by atoms with Crippen molar-refractivity contribution < 1.29 is 0 Å². The molecule has 0 aromatic carbocycles. The van der Waals surface area contributed by atoms with Crippen LogP contribution in [0, 0.1) is 6.92 Å². The Bertz CT molecular complexity index is 525. The Labute approximate surface area is 80.2 Å². The van der Waals surface area contributed by atoms with Gasteiger partial charge in [0.1, 0.15) is 0 Å². The molecular weight excluding hydrogens is 178 g/mol. The second-order valence-electron chi connectivity index (χ2n) is 3.24. The molecule has 0 aliphatic carbocycles. The van der Waals surface area contributed by atoms with E-state index < -0.39 is 0 Å². The largest absolute Gasteiger partial charge is 0.320 e. The molecule has 3 heterocycles. The van der Waals surface area contributed by atoms with Gasteiger partial charge < -0.3 is 4.40 Å². The number of pyridine rings is 1. The molecule has 1 nitrogen and oxygen atoms in total. The summed E-state index contributed by atoms with van der Waals surface area (Å²) in [5.41, 5.74) is 2.62. The van der Waals surface area contributed by atoms with Gasteiger partial charge in [0, 0.05) is 17.4 Å². The summed E-state index contributed by atoms with van der Waals surface area (Å²) in [5.74, 6) is 0. The van der Waals surface area contributed by atoms with E-state index in [4.69, 9.17) is 0 Å². The number of aryl methyl sites for hydroxylation is 1. The highest BCUT2D eigenvalue weighted by Gasteiger charge is 2.02. The van der Waals surface area contributed by atoms with Gasteiger partial charge in [0.15, 0.2) is 0 Å². The van der Waals surface area contributed by atoms with Crippen molar-refractivity contribution in [3.05, 3.63) is 41.5 Å². The van der Waals surface area contributed by atoms with E-state index >= 15 is 0 Å². The van der Waals surface area contributed by atoms with Crippen molar-refractivity contribution >= 4 is 26.9 Å². The average Bonchev–Trinajstić information content (AvgIpc) is 2.71. The molecule has 0 spiro atoms. The van der Waals surface area contributed by atoms with Crippen molar-refractivity contribution in [3.8, 4) is 0 Å². The minimum Gasteiger partial charge on any atom is -0.320 e. The van der Waals surface area contributed by atoms with Gasteiger partial charge in [0.25, 0.3) is 0 Å². The Morgan fingerprint density at radius 2 is 2.23 bits per heavy atom. The molecule has 0 atom stereocenters. The lowest BCUT2D eigenvalue weighted by atomic mass is 10.2. The van der Waals surface area contributed by atoms with Crippen LogP contribution in [0.3, 0.4) is 0 Å². The van der Waals surface area contributed by atoms with Crippen LogP contribution in [0.5, 0.6) is 0 Å². The first-order valence-corrected chi connectivity index (χ1v) is 5.18. The number of fused-ring (bicyclic) bond motifs is 2. The third-order valence-electron chi connectivity index (χ3n) is 2.47. The van der Waals surface area contributed by atoms with Crippen LogP contribution in [0.15, 0.2) is 35.8 Å². The van der Waals surface area contributed by atoms with Crippen molar-refractivity contribution in [3.63, 3.8) is 0 Å². The van der Waals surface area contributed by atoms with Crippen LogP contribution in [0.4, 0.5) is 0 Å². The van der Waals surface area contributed by atoms with E-state index in [1.807, 2.05) is 11.3 Å². The van der Waals surface area contributed by atoms with E-state index in [-0.39, 0.29) is 0 Å². The summed E-state index contributed by atoms with van der Waals surface area (Å²) >= 11 is 1.81. The predicted octanol–water partition coefficient (Wildman–Crippen LogP) is 3.46. The van der Waals surface area contributed by atoms with Gasteiger partial charge in [-0.2, -0.15) is 0 Å². The Morgan fingerprint density at radius 3 is 3.15 bits per heavy atom. The highest BCUT2D eigenvalue weighted by Crippen LogP contribution is 2.26. The Hall–Kier alpha value is -1.28. The minimum absolute atomic E-state index is 1.28. The van der Waals surface area contributed by atoms with Gasteiger partial charge in [0.2, 0.25) is 0 Å². The Kier molecular flexibility index (Phi) is 1.30. The van der Waals surface area contributed by atoms with Crippen LogP contribution in [0.1, 0.15) is 5.69 Å². The molecule has 0 amide bonds. The molecule has 3 aromatic heterocycles. The second-order valence-corrected chi connectivity index (χ2v) is 4.15. The first kappa shape index (κ1) is 7.15. The molecule has 64 valence electrons. The number of thiophene rings is 1. The number of hydrogen-bond acceptors (Lipinski definition) is 1. The summed E-state index contributed by atoms with van der Waals surface area (Å²) in [7, 11) is 0. The standard InChI is InChI=1S/C11H9NS/c1-8-11-9(4-6-13-11)7-10-3-2-5-12(8)10/h2-7H,1H3. The highest BCUT2D eigenvalue weighted by atomic mass is 32.1. The molecule has 0 bridgehead atoms. The zero-order valence-electron chi connectivity index (χ0n) is 7.32. The van der Waals surface area contributed by atoms with Gasteiger partial charge in [-0.05, 0) is 42.0 Å². The molecule has 3 rings (SSSR count). The molecule has 0 unspecified atom stereocenters. The smallest absolute Gasteiger partial charge is 0.0538 e. The number of hydrogen-bond donors (Lipinski definition) is 0. The zero-order chi connectivity index (χ0) is 8.84. The first-order valence-electron chi connectivity index (χ1n) is 4.30. The fourth-order valence-corrected chi connectivity index (χ4v) is 2.70. The fourth-order valence-electron chi connectivity index (χ4n) is 1.81. The molecule has 2 heteroatoms. The van der Waals surface area contributed by atoms with Crippen molar-refractivity contribution in [2.45, 2.75) is 6.92 Å². The zero-order valence-corrected chi connectivity index (χ0v) is 8.14. The monoisotopic (exact) mass is 187 g/mol. The van der Waals surface area contributed by atoms with E-state index in [2.05, 4.69) is 47.2 Å². The molecule has 0 aliphatic rings. The minimum atomic E-state index is 1.28. The average molecular weight is 187 g/mol. The SMILES string of the molecule is Cc1c2sccc2cc2cccn12. The molecule has 0 fully saturated rings. The molecule has 13 heavy (non-hydrogen) atoms. The van der Waals surface area contributed by atoms with E-state index in [0.29, 0.717) is 0 Å². The Balaban J connectivity index is 2.67. The lowest BCUT2D eigenvalue weighted by Crippen LogP contribution is -1.87. The van der Waals surface area contributed by atoms with Crippen LogP contribution in [-0.2, 0) is 0 Å². The lowest BCUT2D eigenvalue weighted by Gasteiger charge is -2.01. The van der Waals surface area contributed by atoms with Crippen molar-refractivity contribution in [1.82, 2.24) is 4.40 Å². The van der Waals surface area contributed by atoms with E-state index in [0.717, 1.165) is 0 Å². The summed E-state index contributed by atoms with van der Waals surface area (Å²) in [6.45, 7) is 2.17. The van der Waals surface area contributed by atoms with Crippen LogP contribution in [0.25, 0.3) is 15.6 Å². The summed E-state index contributed by atoms with van der Waals surface area (Å²) in [6.07, 6.45) is 2.11. The molecule has 0 N–H and O–H groups in total. The van der Waals surface area contributed by atoms with Gasteiger partial charge in [-0.3, -0.25) is 0 Å². The summed E-state index contributed by atoms with van der Waals surface area (Å²) < 4.78 is 3.63. The van der Waals surface area contributed by atoms with Crippen molar-refractivity contribution in [1.29, 1.82) is 0 Å². The molecule has 0 radical (unpaired) electrons. The maximum absolute atomic E-state index is 2.23. The third-order valence-corrected chi connectivity index (χ3v) is 3.51. The topological polar surface area (TPSA) is 4.41 Å². The van der Waals surface area contributed by atoms with Gasteiger partial charge in [-0.1, -0.05) is 0 Å². The predicted molar refractivity (Wildman–Crippen MR) is 57.5 cm³/mol. The molecular formula is C11H9NS. The summed E-state index contributed by atoms with van der Waals surface area (Å²) in [6, 6.07) is 8.65. The quantitative estimate of drug-likeness (QED) is 0.507. The maximum Gasteiger partial charge on any atom is 0.0538 e. The van der Waals surface area contributed by atoms with Gasteiger partial charge in [-0.25, -0.2) is 0 Å². The van der Waals surface area contributed by atoms with Crippen molar-refractivity contribution in [2.75, 3.05) is 0 Å². The van der Waals surface area contributed by atoms with Gasteiger partial charge in [0.05, 0.1) is 4.70 Å². The molecule has 0 saturated carbocycles. The third kappa shape index (κ3) is 0.864. The molecule has 0 aliphatic heterocycles. The van der Waals surface area contributed by atoms with Crippen LogP contribution in [-0.4, -0.2) is 4.40 Å². The molecule has 0 saturated heterocycles. The van der Waals surface area contributed by atoms with Gasteiger partial charge >= 0.3 is 0 Å². The van der Waals surface area contributed by atoms with Crippen LogP contribution in [0.2, 0.25) is 0 Å². The summed E-state index contributed by atoms with van der Waals surface area (Å²) in [4.78, 5) is 0. The van der Waals surface area contributed by atoms with E-state index in [1.54, 1.807) is 0 Å². The number of nitrogens with zero attached hydrogens (tertiary/aromatic N) is 1. The highest BCUT2D eigenvalue weighted by molar-refractivity contribution is 7.17. The normalized spacial score (nSPS) is 11.5. The van der Waals surface area contributed by atoms with Crippen LogP contribution >= 0.6 is 11.3 Å². The van der Waals surface area contributed by atoms with Crippen LogP contribution < -0.4 is 0 Å². The second kappa shape index (κ2) is 2.36. The van der Waals surface area contributed by atoms with Crippen molar-refractivity contribution in [2.24, 2.45) is 0 Å². The van der Waals surface area contributed by atoms with E-state index in [9.17, 15) is 0 Å². The van der Waals surface area contributed by atoms with E-state index in [1.165, 1.54) is 21.3 Å². The number of aromatic nitrogens is 1.